The number of fused-ring (bicyclic) bond motifs is 1. The van der Waals surface area contributed by atoms with Gasteiger partial charge in [-0.05, 0) is 18.9 Å². The van der Waals surface area contributed by atoms with Crippen LogP contribution in [-0.2, 0) is 14.6 Å². The standard InChI is InChI=1S/C19H23ClN2O4S2/c1-2-3-9-22(13-8-10-28(25,26)12-13)16(23)11-21-19(24)18-17(20)14-6-4-5-7-15(14)27-18/h4-7,13H,2-3,8-12H2,1H3,(H,21,24). The second kappa shape index (κ2) is 8.80. The Kier molecular flexibility index (Phi) is 6.62. The first-order chi connectivity index (χ1) is 13.3. The van der Waals surface area contributed by atoms with Gasteiger partial charge in [-0.3, -0.25) is 9.59 Å². The quantitative estimate of drug-likeness (QED) is 0.714. The average Bonchev–Trinajstić information content (AvgIpc) is 3.20. The minimum atomic E-state index is -3.09. The summed E-state index contributed by atoms with van der Waals surface area (Å²) in [6, 6.07) is 7.16. The number of carbonyl (C=O) groups is 2. The number of halogens is 1. The van der Waals surface area contributed by atoms with Crippen LogP contribution in [0.5, 0.6) is 0 Å². The summed E-state index contributed by atoms with van der Waals surface area (Å²) in [6.45, 7) is 2.33. The SMILES string of the molecule is CCCCN(C(=O)CNC(=O)c1sc2ccccc2c1Cl)C1CCS(=O)(=O)C1. The topological polar surface area (TPSA) is 83.6 Å². The van der Waals surface area contributed by atoms with Gasteiger partial charge in [-0.1, -0.05) is 43.1 Å². The van der Waals surface area contributed by atoms with Gasteiger partial charge in [0.2, 0.25) is 5.91 Å². The number of hydrogen-bond acceptors (Lipinski definition) is 5. The molecule has 3 rings (SSSR count). The summed E-state index contributed by atoms with van der Waals surface area (Å²) in [5.41, 5.74) is 0. The maximum absolute atomic E-state index is 12.7. The van der Waals surface area contributed by atoms with Gasteiger partial charge in [-0.15, -0.1) is 11.3 Å². The maximum Gasteiger partial charge on any atom is 0.263 e. The van der Waals surface area contributed by atoms with Crippen molar-refractivity contribution in [3.63, 3.8) is 0 Å². The molecule has 6 nitrogen and oxygen atoms in total. The molecule has 2 heterocycles. The van der Waals surface area contributed by atoms with E-state index in [0.717, 1.165) is 22.9 Å². The number of benzene rings is 1. The lowest BCUT2D eigenvalue weighted by Gasteiger charge is -2.28. The van der Waals surface area contributed by atoms with Crippen molar-refractivity contribution in [2.75, 3.05) is 24.6 Å². The summed E-state index contributed by atoms with van der Waals surface area (Å²) in [6.07, 6.45) is 2.14. The van der Waals surface area contributed by atoms with E-state index in [2.05, 4.69) is 5.32 Å². The third kappa shape index (κ3) is 4.67. The molecule has 0 saturated carbocycles. The normalized spacial score (nSPS) is 18.3. The van der Waals surface area contributed by atoms with Gasteiger partial charge in [0.25, 0.3) is 5.91 Å². The Balaban J connectivity index is 1.67. The summed E-state index contributed by atoms with van der Waals surface area (Å²) < 4.78 is 24.5. The fraction of sp³-hybridized carbons (Fsp3) is 0.474. The number of nitrogens with one attached hydrogen (secondary N) is 1. The molecule has 0 aliphatic carbocycles. The number of carbonyl (C=O) groups excluding carboxylic acids is 2. The second-order valence-corrected chi connectivity index (χ2v) is 10.6. The predicted octanol–water partition coefficient (Wildman–Crippen LogP) is 3.10. The number of sulfone groups is 1. The fourth-order valence-corrected chi connectivity index (χ4v) is 6.52. The Morgan fingerprint density at radius 3 is 2.71 bits per heavy atom. The van der Waals surface area contributed by atoms with Crippen molar-refractivity contribution < 1.29 is 18.0 Å². The van der Waals surface area contributed by atoms with Crippen LogP contribution < -0.4 is 5.32 Å². The van der Waals surface area contributed by atoms with Crippen molar-refractivity contribution in [3.8, 4) is 0 Å². The van der Waals surface area contributed by atoms with E-state index in [1.807, 2.05) is 31.2 Å². The number of thiophene rings is 1. The third-order valence-electron chi connectivity index (χ3n) is 4.86. The molecule has 0 spiro atoms. The highest BCUT2D eigenvalue weighted by atomic mass is 35.5. The van der Waals surface area contributed by atoms with E-state index in [1.54, 1.807) is 4.90 Å². The van der Waals surface area contributed by atoms with Crippen LogP contribution in [-0.4, -0.2) is 55.8 Å². The maximum atomic E-state index is 12.7. The molecule has 1 aliphatic heterocycles. The van der Waals surface area contributed by atoms with Crippen LogP contribution in [0, 0.1) is 0 Å². The van der Waals surface area contributed by atoms with Gasteiger partial charge in [0.05, 0.1) is 23.1 Å². The first-order valence-corrected chi connectivity index (χ1v) is 12.3. The van der Waals surface area contributed by atoms with Crippen LogP contribution >= 0.6 is 22.9 Å². The van der Waals surface area contributed by atoms with Crippen molar-refractivity contribution in [3.05, 3.63) is 34.2 Å². The van der Waals surface area contributed by atoms with E-state index in [1.165, 1.54) is 11.3 Å². The van der Waals surface area contributed by atoms with Gasteiger partial charge in [-0.25, -0.2) is 8.42 Å². The van der Waals surface area contributed by atoms with Crippen LogP contribution in [0.1, 0.15) is 35.9 Å². The number of unbranched alkanes of at least 4 members (excludes halogenated alkanes) is 1. The first kappa shape index (κ1) is 21.1. The Hall–Kier alpha value is -1.64. The lowest BCUT2D eigenvalue weighted by Crippen LogP contribution is -2.46. The van der Waals surface area contributed by atoms with Crippen molar-refractivity contribution >= 4 is 54.7 Å². The molecule has 1 aromatic heterocycles. The molecule has 2 aromatic rings. The average molecular weight is 443 g/mol. The molecule has 0 bridgehead atoms. The van der Waals surface area contributed by atoms with Gasteiger partial charge < -0.3 is 10.2 Å². The van der Waals surface area contributed by atoms with Crippen molar-refractivity contribution in [1.29, 1.82) is 0 Å². The van der Waals surface area contributed by atoms with Gasteiger partial charge in [-0.2, -0.15) is 0 Å². The van der Waals surface area contributed by atoms with Crippen LogP contribution in [0.3, 0.4) is 0 Å². The monoisotopic (exact) mass is 442 g/mol. The van der Waals surface area contributed by atoms with E-state index in [-0.39, 0.29) is 30.0 Å². The van der Waals surface area contributed by atoms with Crippen LogP contribution in [0.4, 0.5) is 0 Å². The Morgan fingerprint density at radius 2 is 2.07 bits per heavy atom. The third-order valence-corrected chi connectivity index (χ3v) is 8.29. The second-order valence-electron chi connectivity index (χ2n) is 6.92. The first-order valence-electron chi connectivity index (χ1n) is 9.27. The summed E-state index contributed by atoms with van der Waals surface area (Å²) in [7, 11) is -3.09. The molecule has 1 aromatic carbocycles. The molecule has 152 valence electrons. The highest BCUT2D eigenvalue weighted by Crippen LogP contribution is 2.34. The highest BCUT2D eigenvalue weighted by molar-refractivity contribution is 7.91. The lowest BCUT2D eigenvalue weighted by molar-refractivity contribution is -0.132. The van der Waals surface area contributed by atoms with Gasteiger partial charge in [0.1, 0.15) is 4.88 Å². The molecule has 1 atom stereocenters. The molecule has 28 heavy (non-hydrogen) atoms. The molecule has 0 radical (unpaired) electrons. The fourth-order valence-electron chi connectivity index (χ4n) is 3.36. The van der Waals surface area contributed by atoms with Crippen molar-refractivity contribution in [2.45, 2.75) is 32.2 Å². The number of amides is 2. The van der Waals surface area contributed by atoms with Gasteiger partial charge >= 0.3 is 0 Å². The molecule has 9 heteroatoms. The molecule has 1 N–H and O–H groups in total. The van der Waals surface area contributed by atoms with Crippen LogP contribution in [0.25, 0.3) is 10.1 Å². The lowest BCUT2D eigenvalue weighted by atomic mass is 10.2. The smallest absolute Gasteiger partial charge is 0.263 e. The Morgan fingerprint density at radius 1 is 1.32 bits per heavy atom. The van der Waals surface area contributed by atoms with E-state index in [9.17, 15) is 18.0 Å². The largest absolute Gasteiger partial charge is 0.342 e. The summed E-state index contributed by atoms with van der Waals surface area (Å²) in [5.74, 6) is -0.550. The minimum Gasteiger partial charge on any atom is -0.342 e. The van der Waals surface area contributed by atoms with Crippen LogP contribution in [0.15, 0.2) is 24.3 Å². The summed E-state index contributed by atoms with van der Waals surface area (Å²) in [4.78, 5) is 27.3. The molecule has 2 amide bonds. The minimum absolute atomic E-state index is 0.00145. The zero-order chi connectivity index (χ0) is 20.3. The van der Waals surface area contributed by atoms with Crippen LogP contribution in [0.2, 0.25) is 5.02 Å². The number of rotatable bonds is 7. The molecule has 1 fully saturated rings. The molecular formula is C19H23ClN2O4S2. The number of nitrogens with zero attached hydrogens (tertiary/aromatic N) is 1. The Labute approximate surface area is 173 Å². The van der Waals surface area contributed by atoms with Gasteiger partial charge in [0, 0.05) is 22.7 Å². The predicted molar refractivity (Wildman–Crippen MR) is 113 cm³/mol. The summed E-state index contributed by atoms with van der Waals surface area (Å²) in [5, 5.41) is 3.84. The van der Waals surface area contributed by atoms with Crippen molar-refractivity contribution in [2.24, 2.45) is 0 Å². The zero-order valence-electron chi connectivity index (χ0n) is 15.6. The molecular weight excluding hydrogens is 420 g/mol. The van der Waals surface area contributed by atoms with E-state index >= 15 is 0 Å². The van der Waals surface area contributed by atoms with E-state index < -0.39 is 15.7 Å². The molecule has 1 saturated heterocycles. The van der Waals surface area contributed by atoms with Crippen molar-refractivity contribution in [1.82, 2.24) is 10.2 Å². The van der Waals surface area contributed by atoms with E-state index in [4.69, 9.17) is 11.6 Å². The number of hydrogen-bond donors (Lipinski definition) is 1. The van der Waals surface area contributed by atoms with Gasteiger partial charge in [0.15, 0.2) is 9.84 Å². The molecule has 1 unspecified atom stereocenters. The zero-order valence-corrected chi connectivity index (χ0v) is 18.0. The summed E-state index contributed by atoms with van der Waals surface area (Å²) >= 11 is 7.60. The molecule has 1 aliphatic rings. The Bertz CT molecular complexity index is 987. The highest BCUT2D eigenvalue weighted by Gasteiger charge is 2.34. The van der Waals surface area contributed by atoms with E-state index in [0.29, 0.717) is 22.9 Å².